The van der Waals surface area contributed by atoms with Crippen LogP contribution in [0.4, 0.5) is 0 Å². The first kappa shape index (κ1) is 6.82. The molecule has 0 atom stereocenters. The monoisotopic (exact) mass is 142 g/mol. The fourth-order valence-electron chi connectivity index (χ4n) is 0.482. The maximum absolute atomic E-state index is 10.2. The Bertz CT molecular complexity index is 192. The predicted molar refractivity (Wildman–Crippen MR) is 31.9 cm³/mol. The van der Waals surface area contributed by atoms with Crippen LogP contribution in [-0.2, 0) is 14.6 Å². The lowest BCUT2D eigenvalue weighted by atomic mass is 10.4. The van der Waals surface area contributed by atoms with E-state index in [1.54, 1.807) is 12.2 Å². The van der Waals surface area contributed by atoms with E-state index in [0.29, 0.717) is 0 Å². The number of hydrogen-bond donors (Lipinski definition) is 1. The van der Waals surface area contributed by atoms with Gasteiger partial charge in [-0.2, -0.15) is 4.89 Å². The van der Waals surface area contributed by atoms with E-state index in [4.69, 9.17) is 5.11 Å². The lowest BCUT2D eigenvalue weighted by molar-refractivity contribution is -0.253. The molecule has 0 amide bonds. The average molecular weight is 142 g/mol. The highest BCUT2D eigenvalue weighted by Crippen LogP contribution is 2.02. The molecule has 4 heteroatoms. The number of hydrogen-bond acceptors (Lipinski definition) is 3. The van der Waals surface area contributed by atoms with Gasteiger partial charge in [0, 0.05) is 0 Å². The normalized spacial score (nSPS) is 17.0. The molecule has 0 unspecified atom stereocenters. The fraction of sp³-hybridized carbons (Fsp3) is 0.167. The number of carboxylic acid groups (broad SMARTS) is 1. The second-order valence-corrected chi connectivity index (χ2v) is 1.63. The van der Waals surface area contributed by atoms with Gasteiger partial charge >= 0.3 is 5.97 Å². The summed E-state index contributed by atoms with van der Waals surface area (Å²) in [6.07, 6.45) is 4.54. The molecule has 0 saturated heterocycles. The Morgan fingerprint density at radius 1 is 1.70 bits per heavy atom. The molecule has 1 aliphatic heterocycles. The molecule has 4 nitrogen and oxygen atoms in total. The average Bonchev–Trinajstić information content (AvgIpc) is 2.12. The number of aliphatic carboxylic acids is 1. The van der Waals surface area contributed by atoms with Crippen molar-refractivity contribution in [3.63, 3.8) is 0 Å². The summed E-state index contributed by atoms with van der Waals surface area (Å²) >= 11 is 0. The van der Waals surface area contributed by atoms with Crippen molar-refractivity contribution in [1.82, 2.24) is 0 Å². The number of allylic oxidation sites excluding steroid dienone is 2. The van der Waals surface area contributed by atoms with Crippen LogP contribution in [0.25, 0.3) is 0 Å². The van der Waals surface area contributed by atoms with Crippen molar-refractivity contribution in [2.45, 2.75) is 0 Å². The van der Waals surface area contributed by atoms with E-state index in [2.05, 4.69) is 9.78 Å². The zero-order valence-electron chi connectivity index (χ0n) is 5.11. The molecule has 1 N–H and O–H groups in total. The molecule has 0 aromatic carbocycles. The number of rotatable bonds is 1. The summed E-state index contributed by atoms with van der Waals surface area (Å²) in [5.41, 5.74) is 0. The minimum Gasteiger partial charge on any atom is -0.475 e. The van der Waals surface area contributed by atoms with Crippen LogP contribution in [0.2, 0.25) is 0 Å². The molecule has 0 spiro atoms. The van der Waals surface area contributed by atoms with Gasteiger partial charge in [-0.3, -0.25) is 0 Å². The molecule has 1 rings (SSSR count). The third-order valence-corrected chi connectivity index (χ3v) is 0.907. The lowest BCUT2D eigenvalue weighted by Gasteiger charge is -1.98. The van der Waals surface area contributed by atoms with Crippen molar-refractivity contribution in [2.75, 3.05) is 6.61 Å². The first-order chi connectivity index (χ1) is 4.80. The van der Waals surface area contributed by atoms with E-state index in [1.165, 1.54) is 6.08 Å². The van der Waals surface area contributed by atoms with E-state index in [0.717, 1.165) is 0 Å². The van der Waals surface area contributed by atoms with Gasteiger partial charge in [0.1, 0.15) is 6.61 Å². The topological polar surface area (TPSA) is 55.8 Å². The molecule has 0 radical (unpaired) electrons. The molecule has 0 aromatic rings. The van der Waals surface area contributed by atoms with Gasteiger partial charge in [0.05, 0.1) is 0 Å². The van der Waals surface area contributed by atoms with E-state index in [1.807, 2.05) is 0 Å². The fourth-order valence-corrected chi connectivity index (χ4v) is 0.482. The molecule has 1 aliphatic rings. The third-order valence-electron chi connectivity index (χ3n) is 0.907. The zero-order chi connectivity index (χ0) is 7.40. The maximum atomic E-state index is 10.2. The van der Waals surface area contributed by atoms with Crippen molar-refractivity contribution in [1.29, 1.82) is 0 Å². The zero-order valence-corrected chi connectivity index (χ0v) is 5.11. The Balaban J connectivity index is 2.66. The van der Waals surface area contributed by atoms with Gasteiger partial charge in [-0.25, -0.2) is 4.79 Å². The van der Waals surface area contributed by atoms with E-state index in [-0.39, 0.29) is 12.4 Å². The summed E-state index contributed by atoms with van der Waals surface area (Å²) in [6.45, 7) is 0.271. The van der Waals surface area contributed by atoms with Crippen LogP contribution in [0.3, 0.4) is 0 Å². The smallest absolute Gasteiger partial charge is 0.375 e. The molecule has 0 aliphatic carbocycles. The molecular weight excluding hydrogens is 136 g/mol. The van der Waals surface area contributed by atoms with Crippen LogP contribution in [0.1, 0.15) is 0 Å². The molecular formula is C6H6O4. The molecule has 0 fully saturated rings. The van der Waals surface area contributed by atoms with Crippen LogP contribution >= 0.6 is 0 Å². The van der Waals surface area contributed by atoms with Gasteiger partial charge in [-0.1, -0.05) is 12.2 Å². The van der Waals surface area contributed by atoms with Gasteiger partial charge in [0.2, 0.25) is 5.76 Å². The third kappa shape index (κ3) is 1.60. The summed E-state index contributed by atoms with van der Waals surface area (Å²) in [5.74, 6) is -1.33. The SMILES string of the molecule is O=C(O)C1=CC=CCOO1. The standard InChI is InChI=1S/C6H6O4/c7-6(8)5-3-1-2-4-9-10-5/h1-3H,4H2,(H,7,8). The minimum atomic E-state index is -1.13. The van der Waals surface area contributed by atoms with Crippen molar-refractivity contribution in [2.24, 2.45) is 0 Å². The van der Waals surface area contributed by atoms with Gasteiger partial charge in [-0.15, -0.1) is 0 Å². The van der Waals surface area contributed by atoms with Gasteiger partial charge in [0.25, 0.3) is 0 Å². The van der Waals surface area contributed by atoms with Crippen LogP contribution in [0.15, 0.2) is 24.0 Å². The Hall–Kier alpha value is -1.29. The first-order valence-electron chi connectivity index (χ1n) is 2.70. The molecule has 0 bridgehead atoms. The molecule has 0 aromatic heterocycles. The van der Waals surface area contributed by atoms with Crippen LogP contribution < -0.4 is 0 Å². The van der Waals surface area contributed by atoms with Gasteiger partial charge in [0.15, 0.2) is 0 Å². The second-order valence-electron chi connectivity index (χ2n) is 1.63. The summed E-state index contributed by atoms with van der Waals surface area (Å²) in [6, 6.07) is 0. The largest absolute Gasteiger partial charge is 0.475 e. The molecule has 54 valence electrons. The molecule has 10 heavy (non-hydrogen) atoms. The Kier molecular flexibility index (Phi) is 2.07. The summed E-state index contributed by atoms with van der Waals surface area (Å²) in [5, 5.41) is 8.36. The highest BCUT2D eigenvalue weighted by atomic mass is 17.2. The van der Waals surface area contributed by atoms with Crippen molar-refractivity contribution in [3.8, 4) is 0 Å². The maximum Gasteiger partial charge on any atom is 0.375 e. The summed E-state index contributed by atoms with van der Waals surface area (Å²) < 4.78 is 0. The summed E-state index contributed by atoms with van der Waals surface area (Å²) in [4.78, 5) is 19.0. The first-order valence-corrected chi connectivity index (χ1v) is 2.70. The minimum absolute atomic E-state index is 0.200. The lowest BCUT2D eigenvalue weighted by Crippen LogP contribution is -2.04. The highest BCUT2D eigenvalue weighted by molar-refractivity contribution is 5.84. The second kappa shape index (κ2) is 3.03. The Morgan fingerprint density at radius 3 is 3.20 bits per heavy atom. The van der Waals surface area contributed by atoms with Crippen LogP contribution in [0.5, 0.6) is 0 Å². The number of carboxylic acids is 1. The van der Waals surface area contributed by atoms with Gasteiger partial charge < -0.3 is 9.99 Å². The van der Waals surface area contributed by atoms with E-state index < -0.39 is 5.97 Å². The van der Waals surface area contributed by atoms with Crippen molar-refractivity contribution >= 4 is 5.97 Å². The predicted octanol–water partition coefficient (Wildman–Crippen LogP) is 0.473. The van der Waals surface area contributed by atoms with Crippen LogP contribution in [0, 0.1) is 0 Å². The molecule has 0 saturated carbocycles. The Morgan fingerprint density at radius 2 is 2.50 bits per heavy atom. The van der Waals surface area contributed by atoms with Crippen molar-refractivity contribution < 1.29 is 19.7 Å². The number of carbonyl (C=O) groups is 1. The summed E-state index contributed by atoms with van der Waals surface area (Å²) in [7, 11) is 0. The van der Waals surface area contributed by atoms with Crippen molar-refractivity contribution in [3.05, 3.63) is 24.0 Å². The Labute approximate surface area is 57.3 Å². The quantitative estimate of drug-likeness (QED) is 0.541. The van der Waals surface area contributed by atoms with Crippen LogP contribution in [-0.4, -0.2) is 17.7 Å². The van der Waals surface area contributed by atoms with Gasteiger partial charge in [-0.05, 0) is 6.08 Å². The molecule has 1 heterocycles. The van der Waals surface area contributed by atoms with E-state index >= 15 is 0 Å². The highest BCUT2D eigenvalue weighted by Gasteiger charge is 2.09. The van der Waals surface area contributed by atoms with E-state index in [9.17, 15) is 4.79 Å².